The molecule has 1 aliphatic carbocycles. The van der Waals surface area contributed by atoms with E-state index in [1.807, 2.05) is 0 Å². The molecule has 0 aliphatic heterocycles. The fourth-order valence-electron chi connectivity index (χ4n) is 2.50. The van der Waals surface area contributed by atoms with Gasteiger partial charge in [-0.05, 0) is 38.0 Å². The number of rotatable bonds is 6. The molecule has 0 aromatic rings. The van der Waals surface area contributed by atoms with Crippen LogP contribution in [0.1, 0.15) is 45.4 Å². The quantitative estimate of drug-likeness (QED) is 0.758. The lowest BCUT2D eigenvalue weighted by atomic mass is 9.84. The number of hydrogen-bond acceptors (Lipinski definition) is 4. The van der Waals surface area contributed by atoms with Crippen molar-refractivity contribution in [1.82, 2.24) is 5.32 Å². The van der Waals surface area contributed by atoms with Crippen molar-refractivity contribution in [3.05, 3.63) is 0 Å². The number of carbonyl (C=O) groups excluding carboxylic acids is 1. The first-order valence-corrected chi connectivity index (χ1v) is 9.11. The van der Waals surface area contributed by atoms with Gasteiger partial charge in [0, 0.05) is 12.3 Å². The Balaban J connectivity index is 2.30. The minimum absolute atomic E-state index is 0.0375. The van der Waals surface area contributed by atoms with Crippen LogP contribution in [0, 0.1) is 5.92 Å². The number of nitrogens with one attached hydrogen (secondary N) is 1. The summed E-state index contributed by atoms with van der Waals surface area (Å²) in [6, 6.07) is -0.516. The van der Waals surface area contributed by atoms with E-state index < -0.39 is 15.9 Å². The van der Waals surface area contributed by atoms with Crippen molar-refractivity contribution >= 4 is 15.7 Å². The van der Waals surface area contributed by atoms with Crippen LogP contribution in [0.5, 0.6) is 0 Å². The molecule has 1 amide bonds. The zero-order chi connectivity index (χ0) is 14.5. The molecule has 1 aliphatic rings. The summed E-state index contributed by atoms with van der Waals surface area (Å²) < 4.78 is 22.1. The van der Waals surface area contributed by atoms with Crippen molar-refractivity contribution in [2.45, 2.75) is 57.5 Å². The smallest absolute Gasteiger partial charge is 0.237 e. The third-order valence-corrected chi connectivity index (χ3v) is 4.88. The van der Waals surface area contributed by atoms with Gasteiger partial charge in [-0.3, -0.25) is 4.79 Å². The predicted octanol–water partition coefficient (Wildman–Crippen LogP) is 0.833. The standard InChI is InChI=1S/C13H26N2O3S/c1-3-10-4-6-11(7-5-10)15-13(16)12(14)8-9-19(2,17)18/h10-12H,3-9,14H2,1-2H3,(H,15,16). The van der Waals surface area contributed by atoms with Crippen molar-refractivity contribution in [1.29, 1.82) is 0 Å². The maximum absolute atomic E-state index is 11.8. The molecule has 0 aromatic heterocycles. The van der Waals surface area contributed by atoms with Gasteiger partial charge in [-0.1, -0.05) is 13.3 Å². The van der Waals surface area contributed by atoms with Gasteiger partial charge in [-0.15, -0.1) is 0 Å². The predicted molar refractivity (Wildman–Crippen MR) is 76.5 cm³/mol. The second-order valence-corrected chi connectivity index (χ2v) is 7.92. The van der Waals surface area contributed by atoms with Crippen LogP contribution in [0.25, 0.3) is 0 Å². The van der Waals surface area contributed by atoms with Crippen LogP contribution in [-0.2, 0) is 14.6 Å². The number of sulfone groups is 1. The van der Waals surface area contributed by atoms with Crippen molar-refractivity contribution in [3.63, 3.8) is 0 Å². The van der Waals surface area contributed by atoms with Crippen LogP contribution in [0.3, 0.4) is 0 Å². The van der Waals surface area contributed by atoms with Crippen LogP contribution < -0.4 is 11.1 Å². The second kappa shape index (κ2) is 7.24. The Labute approximate surface area is 116 Å². The van der Waals surface area contributed by atoms with Gasteiger partial charge in [0.2, 0.25) is 5.91 Å². The lowest BCUT2D eigenvalue weighted by molar-refractivity contribution is -0.123. The van der Waals surface area contributed by atoms with E-state index >= 15 is 0 Å². The van der Waals surface area contributed by atoms with Gasteiger partial charge in [0.25, 0.3) is 0 Å². The zero-order valence-electron chi connectivity index (χ0n) is 11.9. The molecule has 0 saturated heterocycles. The Morgan fingerprint density at radius 3 is 2.37 bits per heavy atom. The topological polar surface area (TPSA) is 89.3 Å². The molecule has 6 heteroatoms. The monoisotopic (exact) mass is 290 g/mol. The molecule has 1 rings (SSSR count). The molecule has 112 valence electrons. The third kappa shape index (κ3) is 6.38. The van der Waals surface area contributed by atoms with Crippen LogP contribution in [0.15, 0.2) is 0 Å². The Bertz CT molecular complexity index is 387. The van der Waals surface area contributed by atoms with Gasteiger partial charge in [-0.2, -0.15) is 0 Å². The first-order chi connectivity index (χ1) is 8.81. The van der Waals surface area contributed by atoms with Gasteiger partial charge in [-0.25, -0.2) is 8.42 Å². The largest absolute Gasteiger partial charge is 0.352 e. The number of hydrogen-bond donors (Lipinski definition) is 2. The number of carbonyl (C=O) groups is 1. The molecule has 0 aromatic carbocycles. The van der Waals surface area contributed by atoms with Crippen LogP contribution in [0.4, 0.5) is 0 Å². The van der Waals surface area contributed by atoms with Crippen LogP contribution in [-0.4, -0.2) is 38.4 Å². The fourth-order valence-corrected chi connectivity index (χ4v) is 3.18. The molecule has 0 bridgehead atoms. The molecular formula is C13H26N2O3S. The Morgan fingerprint density at radius 1 is 1.32 bits per heavy atom. The van der Waals surface area contributed by atoms with Gasteiger partial charge < -0.3 is 11.1 Å². The van der Waals surface area contributed by atoms with Crippen molar-refractivity contribution in [2.24, 2.45) is 11.7 Å². The lowest BCUT2D eigenvalue weighted by Gasteiger charge is -2.29. The Morgan fingerprint density at radius 2 is 1.89 bits per heavy atom. The van der Waals surface area contributed by atoms with Gasteiger partial charge in [0.15, 0.2) is 0 Å². The minimum atomic E-state index is -3.06. The van der Waals surface area contributed by atoms with E-state index in [1.165, 1.54) is 6.42 Å². The summed E-state index contributed by atoms with van der Waals surface area (Å²) in [7, 11) is -3.06. The van der Waals surface area contributed by atoms with Crippen molar-refractivity contribution < 1.29 is 13.2 Å². The summed E-state index contributed by atoms with van der Waals surface area (Å²) in [5.74, 6) is 0.528. The molecular weight excluding hydrogens is 264 g/mol. The molecule has 0 radical (unpaired) electrons. The highest BCUT2D eigenvalue weighted by Crippen LogP contribution is 2.26. The average Bonchev–Trinajstić information content (AvgIpc) is 2.36. The lowest BCUT2D eigenvalue weighted by Crippen LogP contribution is -2.47. The highest BCUT2D eigenvalue weighted by atomic mass is 32.2. The van der Waals surface area contributed by atoms with Crippen LogP contribution >= 0.6 is 0 Å². The second-order valence-electron chi connectivity index (χ2n) is 5.66. The molecule has 1 saturated carbocycles. The molecule has 0 spiro atoms. The van der Waals surface area contributed by atoms with E-state index in [4.69, 9.17) is 5.73 Å². The Hall–Kier alpha value is -0.620. The maximum atomic E-state index is 11.8. The molecule has 1 unspecified atom stereocenters. The highest BCUT2D eigenvalue weighted by Gasteiger charge is 2.23. The van der Waals surface area contributed by atoms with Gasteiger partial charge in [0.05, 0.1) is 11.8 Å². The SMILES string of the molecule is CCC1CCC(NC(=O)C(N)CCS(C)(=O)=O)CC1. The van der Waals surface area contributed by atoms with E-state index in [9.17, 15) is 13.2 Å². The van der Waals surface area contributed by atoms with E-state index in [2.05, 4.69) is 12.2 Å². The van der Waals surface area contributed by atoms with E-state index in [-0.39, 0.29) is 24.1 Å². The normalized spacial score (nSPS) is 25.8. The van der Waals surface area contributed by atoms with Crippen LogP contribution in [0.2, 0.25) is 0 Å². The summed E-state index contributed by atoms with van der Waals surface area (Å²) in [6.07, 6.45) is 6.86. The first kappa shape index (κ1) is 16.4. The number of nitrogens with two attached hydrogens (primary N) is 1. The third-order valence-electron chi connectivity index (χ3n) is 3.91. The highest BCUT2D eigenvalue weighted by molar-refractivity contribution is 7.90. The molecule has 1 fully saturated rings. The fraction of sp³-hybridized carbons (Fsp3) is 0.923. The zero-order valence-corrected chi connectivity index (χ0v) is 12.7. The minimum Gasteiger partial charge on any atom is -0.352 e. The summed E-state index contributed by atoms with van der Waals surface area (Å²) in [6.45, 7) is 2.20. The first-order valence-electron chi connectivity index (χ1n) is 7.05. The summed E-state index contributed by atoms with van der Waals surface area (Å²) in [5, 5.41) is 2.94. The summed E-state index contributed by atoms with van der Waals surface area (Å²) >= 11 is 0. The average molecular weight is 290 g/mol. The summed E-state index contributed by atoms with van der Waals surface area (Å²) in [4.78, 5) is 11.8. The van der Waals surface area contributed by atoms with Gasteiger partial charge >= 0.3 is 0 Å². The van der Waals surface area contributed by atoms with Crippen molar-refractivity contribution in [2.75, 3.05) is 12.0 Å². The molecule has 5 nitrogen and oxygen atoms in total. The molecule has 1 atom stereocenters. The maximum Gasteiger partial charge on any atom is 0.237 e. The Kier molecular flexibility index (Phi) is 6.26. The molecule has 0 heterocycles. The molecule has 3 N–H and O–H groups in total. The van der Waals surface area contributed by atoms with E-state index in [0.29, 0.717) is 0 Å². The summed E-state index contributed by atoms with van der Waals surface area (Å²) in [5.41, 5.74) is 5.72. The van der Waals surface area contributed by atoms with E-state index in [0.717, 1.165) is 37.9 Å². The number of amides is 1. The van der Waals surface area contributed by atoms with Crippen molar-refractivity contribution in [3.8, 4) is 0 Å². The van der Waals surface area contributed by atoms with Gasteiger partial charge in [0.1, 0.15) is 9.84 Å². The van der Waals surface area contributed by atoms with E-state index in [1.54, 1.807) is 0 Å². The molecule has 19 heavy (non-hydrogen) atoms.